The van der Waals surface area contributed by atoms with Gasteiger partial charge >= 0.3 is 0 Å². The Hall–Kier alpha value is -6.91. The standard InChI is InChI=1S/C47H29N3O/c1-3-9-30(10-4-1)32-15-22-36(23-16-32)45-48-46(37-24-17-33(18-25-37)31-11-5-2-6-12-31)50-47(49-45)38-26-20-34-19-21-35-27-28-42-44(43(35)40(34)29-38)39-13-7-8-14-41(39)51-42/h1-29H. The van der Waals surface area contributed by atoms with Crippen LogP contribution in [-0.2, 0) is 0 Å². The van der Waals surface area contributed by atoms with Crippen molar-refractivity contribution in [2.75, 3.05) is 0 Å². The summed E-state index contributed by atoms with van der Waals surface area (Å²) < 4.78 is 6.29. The van der Waals surface area contributed by atoms with Crippen molar-refractivity contribution in [2.24, 2.45) is 0 Å². The molecule has 2 aromatic heterocycles. The third-order valence-electron chi connectivity index (χ3n) is 9.73. The minimum Gasteiger partial charge on any atom is -0.456 e. The summed E-state index contributed by atoms with van der Waals surface area (Å²) in [5.74, 6) is 1.88. The van der Waals surface area contributed by atoms with Crippen LogP contribution in [0, 0.1) is 0 Å². The second-order valence-electron chi connectivity index (χ2n) is 12.8. The van der Waals surface area contributed by atoms with Gasteiger partial charge in [0.05, 0.1) is 0 Å². The first-order valence-corrected chi connectivity index (χ1v) is 17.1. The molecular weight excluding hydrogens is 623 g/mol. The predicted octanol–water partition coefficient (Wildman–Crippen LogP) is 12.4. The average molecular weight is 652 g/mol. The largest absolute Gasteiger partial charge is 0.456 e. The molecule has 0 unspecified atom stereocenters. The maximum Gasteiger partial charge on any atom is 0.164 e. The third kappa shape index (κ3) is 5.13. The number of para-hydroxylation sites is 1. The fourth-order valence-corrected chi connectivity index (χ4v) is 7.15. The molecule has 0 N–H and O–H groups in total. The van der Waals surface area contributed by atoms with E-state index < -0.39 is 0 Å². The molecule has 10 rings (SSSR count). The first kappa shape index (κ1) is 29.0. The van der Waals surface area contributed by atoms with Crippen LogP contribution in [0.2, 0.25) is 0 Å². The number of furan rings is 1. The highest BCUT2D eigenvalue weighted by atomic mass is 16.3. The van der Waals surface area contributed by atoms with Gasteiger partial charge in [-0.2, -0.15) is 0 Å². The molecule has 51 heavy (non-hydrogen) atoms. The van der Waals surface area contributed by atoms with Gasteiger partial charge in [0.25, 0.3) is 0 Å². The molecule has 4 nitrogen and oxygen atoms in total. The number of hydrogen-bond acceptors (Lipinski definition) is 4. The normalized spacial score (nSPS) is 11.5. The van der Waals surface area contributed by atoms with E-state index in [1.54, 1.807) is 0 Å². The minimum atomic E-state index is 0.623. The molecule has 0 fully saturated rings. The number of aromatic nitrogens is 3. The quantitative estimate of drug-likeness (QED) is 0.174. The second kappa shape index (κ2) is 11.9. The van der Waals surface area contributed by atoms with Crippen LogP contribution >= 0.6 is 0 Å². The first-order valence-electron chi connectivity index (χ1n) is 17.1. The Morgan fingerprint density at radius 1 is 0.294 bits per heavy atom. The van der Waals surface area contributed by atoms with E-state index in [-0.39, 0.29) is 0 Å². The number of rotatable bonds is 5. The lowest BCUT2D eigenvalue weighted by molar-refractivity contribution is 0.669. The van der Waals surface area contributed by atoms with Crippen molar-refractivity contribution in [3.8, 4) is 56.4 Å². The van der Waals surface area contributed by atoms with Gasteiger partial charge in [0, 0.05) is 32.8 Å². The molecule has 0 radical (unpaired) electrons. The SMILES string of the molecule is c1ccc(-c2ccc(-c3nc(-c4ccc(-c5ccccc5)cc4)nc(-c4ccc5ccc6ccc7oc8ccccc8c7c6c5c4)n3)cc2)cc1. The smallest absolute Gasteiger partial charge is 0.164 e. The highest BCUT2D eigenvalue weighted by Crippen LogP contribution is 2.39. The van der Waals surface area contributed by atoms with Crippen molar-refractivity contribution in [1.82, 2.24) is 15.0 Å². The molecule has 0 aliphatic rings. The van der Waals surface area contributed by atoms with Gasteiger partial charge in [-0.3, -0.25) is 0 Å². The van der Waals surface area contributed by atoms with Gasteiger partial charge < -0.3 is 4.42 Å². The van der Waals surface area contributed by atoms with Crippen LogP contribution in [0.3, 0.4) is 0 Å². The Balaban J connectivity index is 1.15. The van der Waals surface area contributed by atoms with E-state index >= 15 is 0 Å². The summed E-state index contributed by atoms with van der Waals surface area (Å²) in [5.41, 5.74) is 9.17. The molecule has 0 bridgehead atoms. The number of nitrogens with zero attached hydrogens (tertiary/aromatic N) is 3. The number of hydrogen-bond donors (Lipinski definition) is 0. The third-order valence-corrected chi connectivity index (χ3v) is 9.73. The van der Waals surface area contributed by atoms with Crippen molar-refractivity contribution < 1.29 is 4.42 Å². The van der Waals surface area contributed by atoms with Crippen molar-refractivity contribution >= 4 is 43.5 Å². The molecule has 10 aromatic rings. The minimum absolute atomic E-state index is 0.623. The van der Waals surface area contributed by atoms with Crippen molar-refractivity contribution in [3.63, 3.8) is 0 Å². The zero-order valence-corrected chi connectivity index (χ0v) is 27.5. The molecular formula is C47H29N3O. The lowest BCUT2D eigenvalue weighted by atomic mass is 9.96. The van der Waals surface area contributed by atoms with Crippen molar-refractivity contribution in [1.29, 1.82) is 0 Å². The Morgan fingerprint density at radius 3 is 1.37 bits per heavy atom. The van der Waals surface area contributed by atoms with Gasteiger partial charge in [-0.25, -0.2) is 15.0 Å². The van der Waals surface area contributed by atoms with Crippen LogP contribution in [0.25, 0.3) is 99.9 Å². The van der Waals surface area contributed by atoms with Crippen LogP contribution in [0.1, 0.15) is 0 Å². The van der Waals surface area contributed by atoms with Crippen LogP contribution in [0.5, 0.6) is 0 Å². The van der Waals surface area contributed by atoms with E-state index in [1.807, 2.05) is 24.3 Å². The Morgan fingerprint density at radius 2 is 0.745 bits per heavy atom. The van der Waals surface area contributed by atoms with Gasteiger partial charge in [-0.15, -0.1) is 0 Å². The highest BCUT2D eigenvalue weighted by Gasteiger charge is 2.16. The highest BCUT2D eigenvalue weighted by molar-refractivity contribution is 6.26. The summed E-state index contributed by atoms with van der Waals surface area (Å²) in [6, 6.07) is 61.0. The average Bonchev–Trinajstić information content (AvgIpc) is 3.60. The fourth-order valence-electron chi connectivity index (χ4n) is 7.15. The summed E-state index contributed by atoms with van der Waals surface area (Å²) in [6.07, 6.45) is 0. The molecule has 0 aliphatic heterocycles. The zero-order valence-electron chi connectivity index (χ0n) is 27.5. The van der Waals surface area contributed by atoms with E-state index in [9.17, 15) is 0 Å². The van der Waals surface area contributed by atoms with Gasteiger partial charge in [0.2, 0.25) is 0 Å². The summed E-state index contributed by atoms with van der Waals surface area (Å²) in [4.78, 5) is 15.3. The summed E-state index contributed by atoms with van der Waals surface area (Å²) in [7, 11) is 0. The van der Waals surface area contributed by atoms with Crippen molar-refractivity contribution in [3.05, 3.63) is 176 Å². The summed E-state index contributed by atoms with van der Waals surface area (Å²) >= 11 is 0. The first-order chi connectivity index (χ1) is 25.2. The van der Waals surface area contributed by atoms with Gasteiger partial charge in [-0.1, -0.05) is 158 Å². The number of fused-ring (bicyclic) bond motifs is 7. The molecule has 0 aliphatic carbocycles. The van der Waals surface area contributed by atoms with E-state index in [0.717, 1.165) is 65.9 Å². The Labute approximate surface area is 294 Å². The molecule has 4 heteroatoms. The van der Waals surface area contributed by atoms with E-state index in [2.05, 4.69) is 152 Å². The van der Waals surface area contributed by atoms with Crippen LogP contribution in [0.4, 0.5) is 0 Å². The molecule has 0 amide bonds. The molecule has 0 atom stereocenters. The summed E-state index contributed by atoms with van der Waals surface area (Å²) in [6.45, 7) is 0. The lowest BCUT2D eigenvalue weighted by Gasteiger charge is -2.11. The van der Waals surface area contributed by atoms with E-state index in [0.29, 0.717) is 17.5 Å². The summed E-state index contributed by atoms with van der Waals surface area (Å²) in [5, 5.41) is 6.84. The molecule has 2 heterocycles. The van der Waals surface area contributed by atoms with Crippen LogP contribution < -0.4 is 0 Å². The lowest BCUT2D eigenvalue weighted by Crippen LogP contribution is -2.00. The topological polar surface area (TPSA) is 51.8 Å². The van der Waals surface area contributed by atoms with E-state index in [4.69, 9.17) is 19.4 Å². The van der Waals surface area contributed by atoms with Crippen molar-refractivity contribution in [2.45, 2.75) is 0 Å². The number of benzene rings is 8. The maximum absolute atomic E-state index is 6.29. The zero-order chi connectivity index (χ0) is 33.7. The van der Waals surface area contributed by atoms with Gasteiger partial charge in [-0.05, 0) is 56.6 Å². The van der Waals surface area contributed by atoms with E-state index in [1.165, 1.54) is 16.5 Å². The van der Waals surface area contributed by atoms with Gasteiger partial charge in [0.15, 0.2) is 17.5 Å². The molecule has 0 saturated heterocycles. The fraction of sp³-hybridized carbons (Fsp3) is 0. The predicted molar refractivity (Wildman–Crippen MR) is 209 cm³/mol. The van der Waals surface area contributed by atoms with Gasteiger partial charge in [0.1, 0.15) is 11.2 Å². The molecule has 238 valence electrons. The van der Waals surface area contributed by atoms with Crippen LogP contribution in [0.15, 0.2) is 180 Å². The molecule has 0 spiro atoms. The monoisotopic (exact) mass is 651 g/mol. The second-order valence-corrected chi connectivity index (χ2v) is 12.8. The Bertz CT molecular complexity index is 2780. The van der Waals surface area contributed by atoms with Crippen LogP contribution in [-0.4, -0.2) is 15.0 Å². The molecule has 0 saturated carbocycles. The Kier molecular flexibility index (Phi) is 6.78. The molecule has 8 aromatic carbocycles. The maximum atomic E-state index is 6.29.